The highest BCUT2D eigenvalue weighted by molar-refractivity contribution is 6.33. The molecule has 0 saturated carbocycles. The molecule has 0 fully saturated rings. The van der Waals surface area contributed by atoms with Crippen molar-refractivity contribution in [1.29, 1.82) is 0 Å². The summed E-state index contributed by atoms with van der Waals surface area (Å²) >= 11 is 6.18. The molecule has 1 unspecified atom stereocenters. The molecular weight excluding hydrogens is 405 g/mol. The number of hydrogen-bond donors (Lipinski definition) is 1. The van der Waals surface area contributed by atoms with Crippen molar-refractivity contribution < 1.29 is 13.7 Å². The SMILES string of the molecule is CCN(CC)C(CNC(=O)c1c(-c2c(F)cccc2Cl)noc1C)c1ccccc1. The van der Waals surface area contributed by atoms with Crippen molar-refractivity contribution in [1.82, 2.24) is 15.4 Å². The van der Waals surface area contributed by atoms with Gasteiger partial charge in [-0.15, -0.1) is 0 Å². The third kappa shape index (κ3) is 4.55. The van der Waals surface area contributed by atoms with Gasteiger partial charge in [-0.25, -0.2) is 4.39 Å². The van der Waals surface area contributed by atoms with Crippen LogP contribution in [0.1, 0.15) is 41.6 Å². The van der Waals surface area contributed by atoms with Crippen LogP contribution in [0.4, 0.5) is 4.39 Å². The molecule has 2 aromatic carbocycles. The molecule has 0 spiro atoms. The number of halogens is 2. The summed E-state index contributed by atoms with van der Waals surface area (Å²) in [7, 11) is 0. The number of carbonyl (C=O) groups is 1. The maximum absolute atomic E-state index is 14.4. The van der Waals surface area contributed by atoms with E-state index in [0.717, 1.165) is 18.7 Å². The van der Waals surface area contributed by atoms with E-state index in [2.05, 4.69) is 29.2 Å². The van der Waals surface area contributed by atoms with Crippen molar-refractivity contribution in [2.24, 2.45) is 0 Å². The van der Waals surface area contributed by atoms with Gasteiger partial charge in [-0.1, -0.05) is 67.0 Å². The van der Waals surface area contributed by atoms with E-state index >= 15 is 0 Å². The molecule has 3 aromatic rings. The molecule has 0 aliphatic heterocycles. The molecule has 7 heteroatoms. The molecule has 3 rings (SSSR count). The highest BCUT2D eigenvalue weighted by atomic mass is 35.5. The van der Waals surface area contributed by atoms with Gasteiger partial charge in [0, 0.05) is 6.54 Å². The predicted octanol–water partition coefficient (Wildman–Crippen LogP) is 5.26. The Morgan fingerprint density at radius 1 is 1.17 bits per heavy atom. The van der Waals surface area contributed by atoms with Gasteiger partial charge in [0.15, 0.2) is 0 Å². The van der Waals surface area contributed by atoms with Crippen molar-refractivity contribution >= 4 is 17.5 Å². The van der Waals surface area contributed by atoms with Crippen LogP contribution >= 0.6 is 11.6 Å². The minimum atomic E-state index is -0.560. The van der Waals surface area contributed by atoms with Gasteiger partial charge in [-0.2, -0.15) is 0 Å². The lowest BCUT2D eigenvalue weighted by atomic mass is 10.0. The smallest absolute Gasteiger partial charge is 0.257 e. The van der Waals surface area contributed by atoms with E-state index < -0.39 is 5.82 Å². The summed E-state index contributed by atoms with van der Waals surface area (Å²) in [5, 5.41) is 7.06. The van der Waals surface area contributed by atoms with Gasteiger partial charge in [0.1, 0.15) is 22.8 Å². The van der Waals surface area contributed by atoms with E-state index in [9.17, 15) is 9.18 Å². The summed E-state index contributed by atoms with van der Waals surface area (Å²) in [5.41, 5.74) is 1.46. The number of hydrogen-bond acceptors (Lipinski definition) is 4. The van der Waals surface area contributed by atoms with Crippen LogP contribution in [0.3, 0.4) is 0 Å². The second kappa shape index (κ2) is 9.87. The Balaban J connectivity index is 1.88. The zero-order valence-corrected chi connectivity index (χ0v) is 18.0. The lowest BCUT2D eigenvalue weighted by molar-refractivity contribution is 0.0934. The normalized spacial score (nSPS) is 12.2. The molecule has 0 bridgehead atoms. The molecule has 0 aliphatic rings. The van der Waals surface area contributed by atoms with Crippen LogP contribution in [-0.2, 0) is 0 Å². The molecule has 1 amide bonds. The van der Waals surface area contributed by atoms with Gasteiger partial charge < -0.3 is 9.84 Å². The Morgan fingerprint density at radius 2 is 1.87 bits per heavy atom. The monoisotopic (exact) mass is 429 g/mol. The van der Waals surface area contributed by atoms with Crippen LogP contribution in [0, 0.1) is 12.7 Å². The Kier molecular flexibility index (Phi) is 7.24. The largest absolute Gasteiger partial charge is 0.360 e. The van der Waals surface area contributed by atoms with E-state index in [1.807, 2.05) is 30.3 Å². The maximum Gasteiger partial charge on any atom is 0.257 e. The Labute approximate surface area is 180 Å². The molecular formula is C23H25ClFN3O2. The van der Waals surface area contributed by atoms with Gasteiger partial charge in [0.25, 0.3) is 5.91 Å². The topological polar surface area (TPSA) is 58.4 Å². The summed E-state index contributed by atoms with van der Waals surface area (Å²) in [5.74, 6) is -0.632. The number of carbonyl (C=O) groups excluding carboxylic acids is 1. The highest BCUT2D eigenvalue weighted by Crippen LogP contribution is 2.33. The first-order valence-electron chi connectivity index (χ1n) is 9.95. The molecule has 158 valence electrons. The second-order valence-electron chi connectivity index (χ2n) is 6.92. The number of aromatic nitrogens is 1. The maximum atomic E-state index is 14.4. The number of likely N-dealkylation sites (N-methyl/N-ethyl adjacent to an activating group) is 1. The van der Waals surface area contributed by atoms with Gasteiger partial charge >= 0.3 is 0 Å². The average Bonchev–Trinajstić information content (AvgIpc) is 3.12. The fourth-order valence-corrected chi connectivity index (χ4v) is 3.86. The molecule has 0 radical (unpaired) electrons. The average molecular weight is 430 g/mol. The van der Waals surface area contributed by atoms with E-state index in [4.69, 9.17) is 16.1 Å². The number of nitrogens with zero attached hydrogens (tertiary/aromatic N) is 2. The van der Waals surface area contributed by atoms with Crippen LogP contribution in [0.2, 0.25) is 5.02 Å². The molecule has 30 heavy (non-hydrogen) atoms. The van der Waals surface area contributed by atoms with E-state index in [-0.39, 0.29) is 33.8 Å². The van der Waals surface area contributed by atoms with Crippen molar-refractivity contribution in [3.8, 4) is 11.3 Å². The predicted molar refractivity (Wildman–Crippen MR) is 116 cm³/mol. The van der Waals surface area contributed by atoms with Gasteiger partial charge in [-0.05, 0) is 37.7 Å². The highest BCUT2D eigenvalue weighted by Gasteiger charge is 2.26. The van der Waals surface area contributed by atoms with E-state index in [0.29, 0.717) is 12.3 Å². The van der Waals surface area contributed by atoms with Crippen LogP contribution < -0.4 is 5.32 Å². The van der Waals surface area contributed by atoms with Crippen LogP contribution in [-0.4, -0.2) is 35.6 Å². The minimum Gasteiger partial charge on any atom is -0.360 e. The van der Waals surface area contributed by atoms with E-state index in [1.54, 1.807) is 13.0 Å². The summed E-state index contributed by atoms with van der Waals surface area (Å²) < 4.78 is 19.6. The van der Waals surface area contributed by atoms with Crippen molar-refractivity contribution in [2.45, 2.75) is 26.8 Å². The van der Waals surface area contributed by atoms with Gasteiger partial charge in [-0.3, -0.25) is 9.69 Å². The zero-order valence-electron chi connectivity index (χ0n) is 17.3. The number of nitrogens with one attached hydrogen (secondary N) is 1. The molecule has 0 aliphatic carbocycles. The third-order valence-electron chi connectivity index (χ3n) is 5.18. The summed E-state index contributed by atoms with van der Waals surface area (Å²) in [6.07, 6.45) is 0. The van der Waals surface area contributed by atoms with Crippen LogP contribution in [0.5, 0.6) is 0 Å². The van der Waals surface area contributed by atoms with Crippen molar-refractivity contribution in [3.63, 3.8) is 0 Å². The lowest BCUT2D eigenvalue weighted by Gasteiger charge is -2.30. The van der Waals surface area contributed by atoms with Crippen LogP contribution in [0.25, 0.3) is 11.3 Å². The first kappa shape index (κ1) is 22.0. The number of amides is 1. The van der Waals surface area contributed by atoms with Crippen LogP contribution in [0.15, 0.2) is 53.1 Å². The zero-order chi connectivity index (χ0) is 21.7. The van der Waals surface area contributed by atoms with Gasteiger partial charge in [0.2, 0.25) is 0 Å². The van der Waals surface area contributed by atoms with E-state index in [1.165, 1.54) is 12.1 Å². The molecule has 1 heterocycles. The standard InChI is InChI=1S/C23H25ClFN3O2/c1-4-28(5-2)19(16-10-7-6-8-11-16)14-26-23(29)20-15(3)30-27-22(20)21-17(24)12-9-13-18(21)25/h6-13,19H,4-5,14H2,1-3H3,(H,26,29). The quantitative estimate of drug-likeness (QED) is 0.531. The number of rotatable bonds is 8. The first-order valence-corrected chi connectivity index (χ1v) is 10.3. The molecule has 1 N–H and O–H groups in total. The number of aryl methyl sites for hydroxylation is 1. The third-order valence-corrected chi connectivity index (χ3v) is 5.50. The molecule has 1 atom stereocenters. The Morgan fingerprint density at radius 3 is 2.50 bits per heavy atom. The lowest BCUT2D eigenvalue weighted by Crippen LogP contribution is -2.38. The van der Waals surface area contributed by atoms with Crippen molar-refractivity contribution in [2.75, 3.05) is 19.6 Å². The fourth-order valence-electron chi connectivity index (χ4n) is 3.61. The molecule has 0 saturated heterocycles. The summed E-state index contributed by atoms with van der Waals surface area (Å²) in [6, 6.07) is 14.4. The number of benzene rings is 2. The van der Waals surface area contributed by atoms with Gasteiger partial charge in [0.05, 0.1) is 16.6 Å². The first-order chi connectivity index (χ1) is 14.5. The Hall–Kier alpha value is -2.70. The Bertz CT molecular complexity index is 983. The summed E-state index contributed by atoms with van der Waals surface area (Å²) in [4.78, 5) is 15.4. The molecule has 5 nitrogen and oxygen atoms in total. The molecule has 1 aromatic heterocycles. The van der Waals surface area contributed by atoms with Crippen molar-refractivity contribution in [3.05, 3.63) is 76.3 Å². The second-order valence-corrected chi connectivity index (χ2v) is 7.32. The fraction of sp³-hybridized carbons (Fsp3) is 0.304. The summed E-state index contributed by atoms with van der Waals surface area (Å²) in [6.45, 7) is 7.87. The minimum absolute atomic E-state index is 0.00538.